The van der Waals surface area contributed by atoms with Gasteiger partial charge in [-0.05, 0) is 38.0 Å². The van der Waals surface area contributed by atoms with Crippen LogP contribution in [0.25, 0.3) is 0 Å². The van der Waals surface area contributed by atoms with E-state index < -0.39 is 0 Å². The van der Waals surface area contributed by atoms with Gasteiger partial charge in [0.25, 0.3) is 0 Å². The van der Waals surface area contributed by atoms with E-state index in [1.165, 1.54) is 44.2 Å². The molecule has 1 fully saturated rings. The molecule has 0 aromatic rings. The minimum atomic E-state index is 0.705. The molecular formula is C15H23N. The molecule has 1 heteroatoms. The first kappa shape index (κ1) is 11.5. The molecule has 2 rings (SSSR count). The monoisotopic (exact) mass is 217 g/mol. The molecule has 0 heterocycles. The van der Waals surface area contributed by atoms with Crippen molar-refractivity contribution >= 4 is 0 Å². The maximum absolute atomic E-state index is 4.15. The van der Waals surface area contributed by atoms with Gasteiger partial charge in [0.1, 0.15) is 0 Å². The fraction of sp³-hybridized carbons (Fsp3) is 0.600. The van der Waals surface area contributed by atoms with Crippen LogP contribution >= 0.6 is 0 Å². The molecule has 2 unspecified atom stereocenters. The van der Waals surface area contributed by atoms with Crippen molar-refractivity contribution in [3.63, 3.8) is 0 Å². The van der Waals surface area contributed by atoms with Gasteiger partial charge in [0.15, 0.2) is 0 Å². The zero-order valence-corrected chi connectivity index (χ0v) is 10.3. The summed E-state index contributed by atoms with van der Waals surface area (Å²) >= 11 is 0. The third-order valence-electron chi connectivity index (χ3n) is 4.05. The van der Waals surface area contributed by atoms with E-state index in [0.29, 0.717) is 5.92 Å². The molecule has 0 bridgehead atoms. The maximum Gasteiger partial charge on any atom is 0.00654 e. The summed E-state index contributed by atoms with van der Waals surface area (Å²) in [5, 5.41) is 3.25. The molecule has 88 valence electrons. The number of hydrogen-bond acceptors (Lipinski definition) is 1. The molecule has 16 heavy (non-hydrogen) atoms. The number of hydrogen-bond donors (Lipinski definition) is 1. The fourth-order valence-electron chi connectivity index (χ4n) is 3.08. The Balaban J connectivity index is 1.95. The second kappa shape index (κ2) is 5.38. The van der Waals surface area contributed by atoms with Gasteiger partial charge in [-0.15, -0.1) is 0 Å². The summed E-state index contributed by atoms with van der Waals surface area (Å²) in [5.74, 6) is 1.54. The lowest BCUT2D eigenvalue weighted by molar-refractivity contribution is 0.417. The van der Waals surface area contributed by atoms with Gasteiger partial charge in [0.2, 0.25) is 0 Å². The second-order valence-corrected chi connectivity index (χ2v) is 5.07. The zero-order valence-electron chi connectivity index (χ0n) is 10.3. The molecule has 0 aromatic heterocycles. The third kappa shape index (κ3) is 2.58. The lowest BCUT2D eigenvalue weighted by atomic mass is 9.85. The van der Waals surface area contributed by atoms with E-state index in [2.05, 4.69) is 30.1 Å². The molecule has 0 aromatic carbocycles. The van der Waals surface area contributed by atoms with Crippen LogP contribution in [0, 0.1) is 11.8 Å². The van der Waals surface area contributed by atoms with Crippen molar-refractivity contribution in [3.05, 3.63) is 36.1 Å². The molecule has 0 aliphatic heterocycles. The predicted molar refractivity (Wildman–Crippen MR) is 70.1 cm³/mol. The Labute approximate surface area is 99.3 Å². The summed E-state index contributed by atoms with van der Waals surface area (Å²) in [5.41, 5.74) is 2.89. The highest BCUT2D eigenvalue weighted by atomic mass is 14.8. The first-order chi connectivity index (χ1) is 7.81. The van der Waals surface area contributed by atoms with Crippen LogP contribution in [0.15, 0.2) is 36.1 Å². The van der Waals surface area contributed by atoms with Crippen LogP contribution in [0.1, 0.15) is 38.5 Å². The molecular weight excluding hydrogens is 194 g/mol. The lowest BCUT2D eigenvalue weighted by Crippen LogP contribution is -2.19. The molecule has 0 spiro atoms. The Morgan fingerprint density at radius 2 is 2.38 bits per heavy atom. The first-order valence-electron chi connectivity index (χ1n) is 6.52. The van der Waals surface area contributed by atoms with E-state index in [1.807, 2.05) is 7.05 Å². The highest BCUT2D eigenvalue weighted by Crippen LogP contribution is 2.39. The lowest BCUT2D eigenvalue weighted by Gasteiger charge is -2.23. The van der Waals surface area contributed by atoms with Crippen molar-refractivity contribution in [1.29, 1.82) is 0 Å². The largest absolute Gasteiger partial charge is 0.392 e. The van der Waals surface area contributed by atoms with Crippen molar-refractivity contribution in [3.8, 4) is 0 Å². The van der Waals surface area contributed by atoms with E-state index in [1.54, 1.807) is 5.57 Å². The number of rotatable bonds is 4. The molecule has 0 amide bonds. The Bertz CT molecular complexity index is 311. The topological polar surface area (TPSA) is 12.0 Å². The van der Waals surface area contributed by atoms with Gasteiger partial charge in [-0.2, -0.15) is 0 Å². The van der Waals surface area contributed by atoms with Gasteiger partial charge in [-0.25, -0.2) is 0 Å². The van der Waals surface area contributed by atoms with Crippen LogP contribution in [0.2, 0.25) is 0 Å². The third-order valence-corrected chi connectivity index (χ3v) is 4.05. The summed E-state index contributed by atoms with van der Waals surface area (Å²) in [6, 6.07) is 0. The summed E-state index contributed by atoms with van der Waals surface area (Å²) in [6.45, 7) is 4.15. The highest BCUT2D eigenvalue weighted by molar-refractivity contribution is 5.19. The first-order valence-corrected chi connectivity index (χ1v) is 6.52. The van der Waals surface area contributed by atoms with Crippen molar-refractivity contribution in [2.45, 2.75) is 38.5 Å². The van der Waals surface area contributed by atoms with Crippen LogP contribution in [0.5, 0.6) is 0 Å². The minimum absolute atomic E-state index is 0.705. The summed E-state index contributed by atoms with van der Waals surface area (Å²) < 4.78 is 0. The van der Waals surface area contributed by atoms with Gasteiger partial charge in [-0.3, -0.25) is 0 Å². The van der Waals surface area contributed by atoms with Crippen LogP contribution in [-0.2, 0) is 0 Å². The number of nitrogens with one attached hydrogen (secondary N) is 1. The average Bonchev–Trinajstić information content (AvgIpc) is 2.77. The zero-order chi connectivity index (χ0) is 11.4. The Morgan fingerprint density at radius 3 is 3.06 bits per heavy atom. The van der Waals surface area contributed by atoms with E-state index >= 15 is 0 Å². The smallest absolute Gasteiger partial charge is 0.00654 e. The quantitative estimate of drug-likeness (QED) is 0.755. The fourth-order valence-corrected chi connectivity index (χ4v) is 3.08. The summed E-state index contributed by atoms with van der Waals surface area (Å²) in [6.07, 6.45) is 14.7. The Hall–Kier alpha value is -0.980. The Morgan fingerprint density at radius 1 is 1.50 bits per heavy atom. The van der Waals surface area contributed by atoms with Crippen LogP contribution in [0.3, 0.4) is 0 Å². The molecule has 2 atom stereocenters. The highest BCUT2D eigenvalue weighted by Gasteiger charge is 2.29. The molecule has 1 nitrogen and oxygen atoms in total. The van der Waals surface area contributed by atoms with Crippen molar-refractivity contribution < 1.29 is 0 Å². The molecule has 1 N–H and O–H groups in total. The number of allylic oxidation sites excluding steroid dienone is 5. The van der Waals surface area contributed by atoms with Gasteiger partial charge < -0.3 is 5.32 Å². The van der Waals surface area contributed by atoms with Crippen LogP contribution in [0.4, 0.5) is 0 Å². The average molecular weight is 217 g/mol. The summed E-state index contributed by atoms with van der Waals surface area (Å²) in [4.78, 5) is 0. The van der Waals surface area contributed by atoms with E-state index in [9.17, 15) is 0 Å². The van der Waals surface area contributed by atoms with Crippen molar-refractivity contribution in [2.75, 3.05) is 7.05 Å². The van der Waals surface area contributed by atoms with Gasteiger partial charge in [0, 0.05) is 18.7 Å². The second-order valence-electron chi connectivity index (χ2n) is 5.07. The van der Waals surface area contributed by atoms with Crippen LogP contribution < -0.4 is 5.32 Å². The molecule has 2 aliphatic carbocycles. The van der Waals surface area contributed by atoms with E-state index in [0.717, 1.165) is 5.92 Å². The molecule has 0 saturated heterocycles. The molecule has 2 aliphatic rings. The van der Waals surface area contributed by atoms with Crippen molar-refractivity contribution in [2.24, 2.45) is 11.8 Å². The summed E-state index contributed by atoms with van der Waals surface area (Å²) in [7, 11) is 2.00. The van der Waals surface area contributed by atoms with Gasteiger partial charge >= 0.3 is 0 Å². The van der Waals surface area contributed by atoms with E-state index in [-0.39, 0.29) is 0 Å². The standard InChI is InChI=1S/C15H23N/c1-12(16-2)15-10-6-9-14(15)11-13-7-4-3-5-8-13/h3-4,7,14-16H,1,5-6,8-11H2,2H3. The Kier molecular flexibility index (Phi) is 3.87. The van der Waals surface area contributed by atoms with E-state index in [4.69, 9.17) is 0 Å². The van der Waals surface area contributed by atoms with Crippen molar-refractivity contribution in [1.82, 2.24) is 5.32 Å². The predicted octanol–water partition coefficient (Wildman–Crippen LogP) is 3.80. The minimum Gasteiger partial charge on any atom is -0.392 e. The van der Waals surface area contributed by atoms with Gasteiger partial charge in [0.05, 0.1) is 0 Å². The molecule has 1 saturated carbocycles. The van der Waals surface area contributed by atoms with Gasteiger partial charge in [-0.1, -0.05) is 36.8 Å². The molecule has 0 radical (unpaired) electrons. The SMILES string of the molecule is C=C(NC)C1CCCC1CC1=CC=CCC1. The van der Waals surface area contributed by atoms with Crippen LogP contribution in [-0.4, -0.2) is 7.05 Å². The normalized spacial score (nSPS) is 28.9. The maximum atomic E-state index is 4.15.